The third kappa shape index (κ3) is 27.5. The summed E-state index contributed by atoms with van der Waals surface area (Å²) in [5, 5.41) is 0. The predicted octanol–water partition coefficient (Wildman–Crippen LogP) is 8.40. The maximum atomic E-state index is 3.71. The van der Waals surface area contributed by atoms with Crippen LogP contribution < -0.4 is 0 Å². The van der Waals surface area contributed by atoms with Gasteiger partial charge in [0.25, 0.3) is 0 Å². The van der Waals surface area contributed by atoms with E-state index in [9.17, 15) is 0 Å². The molecule has 0 radical (unpaired) electrons. The molecule has 0 fully saturated rings. The maximum absolute atomic E-state index is 3.71. The van der Waals surface area contributed by atoms with Gasteiger partial charge < -0.3 is 0 Å². The quantitative estimate of drug-likeness (QED) is 0.198. The summed E-state index contributed by atoms with van der Waals surface area (Å²) in [5.74, 6) is 0. The molecule has 0 bridgehead atoms. The van der Waals surface area contributed by atoms with Gasteiger partial charge >= 0.3 is 0 Å². The standard InChI is InChI=1S/C11H22.C11H20/c2*1-3-5-7-9-11-10-8-6-4-2/h3H,1,4-11H2,2H3;3-4H,1-2,5-11H2. The molecule has 0 spiro atoms. The zero-order chi connectivity index (χ0) is 16.7. The average molecular weight is 307 g/mol. The van der Waals surface area contributed by atoms with Gasteiger partial charge in [-0.05, 0) is 38.5 Å². The van der Waals surface area contributed by atoms with Gasteiger partial charge in [-0.1, -0.05) is 82.9 Å². The first kappa shape index (κ1) is 23.5. The van der Waals surface area contributed by atoms with E-state index < -0.39 is 0 Å². The van der Waals surface area contributed by atoms with Crippen molar-refractivity contribution in [1.82, 2.24) is 0 Å². The summed E-state index contributed by atoms with van der Waals surface area (Å²) in [5.41, 5.74) is 0. The van der Waals surface area contributed by atoms with Crippen LogP contribution in [0.25, 0.3) is 0 Å². The summed E-state index contributed by atoms with van der Waals surface area (Å²) in [7, 11) is 0. The van der Waals surface area contributed by atoms with E-state index in [-0.39, 0.29) is 0 Å². The van der Waals surface area contributed by atoms with Gasteiger partial charge in [0, 0.05) is 0 Å². The van der Waals surface area contributed by atoms with E-state index in [0.29, 0.717) is 0 Å². The van der Waals surface area contributed by atoms with E-state index in [0.717, 1.165) is 0 Å². The van der Waals surface area contributed by atoms with Crippen LogP contribution in [-0.4, -0.2) is 0 Å². The maximum Gasteiger partial charge on any atom is -0.0353 e. The van der Waals surface area contributed by atoms with Gasteiger partial charge in [-0.2, -0.15) is 0 Å². The molecule has 0 aliphatic rings. The summed E-state index contributed by atoms with van der Waals surface area (Å²) in [4.78, 5) is 0. The Morgan fingerprint density at radius 1 is 0.455 bits per heavy atom. The van der Waals surface area contributed by atoms with E-state index in [1.54, 1.807) is 0 Å². The minimum absolute atomic E-state index is 1.18. The van der Waals surface area contributed by atoms with Crippen molar-refractivity contribution in [2.45, 2.75) is 103 Å². The molecule has 0 amide bonds. The van der Waals surface area contributed by atoms with Crippen LogP contribution >= 0.6 is 0 Å². The number of unbranched alkanes of at least 4 members (excludes halogenated alkanes) is 13. The molecule has 0 heterocycles. The van der Waals surface area contributed by atoms with Crippen LogP contribution in [0.15, 0.2) is 38.0 Å². The number of allylic oxidation sites excluding steroid dienone is 3. The fourth-order valence-electron chi connectivity index (χ4n) is 2.35. The van der Waals surface area contributed by atoms with Crippen LogP contribution in [0, 0.1) is 0 Å². The second kappa shape index (κ2) is 25.2. The molecular formula is C22H42. The van der Waals surface area contributed by atoms with Gasteiger partial charge in [0.2, 0.25) is 0 Å². The number of hydrogen-bond donors (Lipinski definition) is 0. The van der Waals surface area contributed by atoms with Gasteiger partial charge in [-0.25, -0.2) is 0 Å². The first-order chi connectivity index (χ1) is 10.8. The molecule has 0 aromatic carbocycles. The Labute approximate surface area is 141 Å². The zero-order valence-electron chi connectivity index (χ0n) is 15.5. The second-order valence-electron chi connectivity index (χ2n) is 6.12. The lowest BCUT2D eigenvalue weighted by Crippen LogP contribution is -1.78. The minimum atomic E-state index is 1.18. The molecule has 0 saturated heterocycles. The van der Waals surface area contributed by atoms with Crippen molar-refractivity contribution in [1.29, 1.82) is 0 Å². The van der Waals surface area contributed by atoms with Gasteiger partial charge in [-0.3, -0.25) is 0 Å². The summed E-state index contributed by atoms with van der Waals surface area (Å²) in [6.45, 7) is 13.4. The van der Waals surface area contributed by atoms with Gasteiger partial charge in [0.1, 0.15) is 0 Å². The zero-order valence-corrected chi connectivity index (χ0v) is 15.5. The molecule has 0 saturated carbocycles. The van der Waals surface area contributed by atoms with E-state index >= 15 is 0 Å². The Morgan fingerprint density at radius 2 is 0.727 bits per heavy atom. The van der Waals surface area contributed by atoms with Crippen molar-refractivity contribution in [2.24, 2.45) is 0 Å². The minimum Gasteiger partial charge on any atom is -0.103 e. The fraction of sp³-hybridized carbons (Fsp3) is 0.727. The van der Waals surface area contributed by atoms with Crippen molar-refractivity contribution in [3.05, 3.63) is 38.0 Å². The molecule has 0 rings (SSSR count). The van der Waals surface area contributed by atoms with Gasteiger partial charge in [0.15, 0.2) is 0 Å². The number of hydrogen-bond acceptors (Lipinski definition) is 0. The highest BCUT2D eigenvalue weighted by Gasteiger charge is 1.88. The van der Waals surface area contributed by atoms with Gasteiger partial charge in [0.05, 0.1) is 0 Å². The molecule has 130 valence electrons. The lowest BCUT2D eigenvalue weighted by molar-refractivity contribution is 0.592. The summed E-state index contributed by atoms with van der Waals surface area (Å²) in [6, 6.07) is 0. The van der Waals surface area contributed by atoms with Crippen LogP contribution in [0.2, 0.25) is 0 Å². The lowest BCUT2D eigenvalue weighted by Gasteiger charge is -1.98. The summed E-state index contributed by atoms with van der Waals surface area (Å²) < 4.78 is 0. The highest BCUT2D eigenvalue weighted by Crippen LogP contribution is 2.08. The fourth-order valence-corrected chi connectivity index (χ4v) is 2.35. The summed E-state index contributed by atoms with van der Waals surface area (Å²) >= 11 is 0. The van der Waals surface area contributed by atoms with E-state index in [1.165, 1.54) is 96.3 Å². The molecule has 0 heteroatoms. The van der Waals surface area contributed by atoms with Crippen LogP contribution in [-0.2, 0) is 0 Å². The summed E-state index contributed by atoms with van der Waals surface area (Å²) in [6.07, 6.45) is 26.1. The second-order valence-corrected chi connectivity index (χ2v) is 6.12. The normalized spacial score (nSPS) is 9.68. The van der Waals surface area contributed by atoms with Crippen molar-refractivity contribution in [3.63, 3.8) is 0 Å². The largest absolute Gasteiger partial charge is 0.103 e. The highest BCUT2D eigenvalue weighted by molar-refractivity contribution is 4.67. The molecule has 0 nitrogen and oxygen atoms in total. The Kier molecular flexibility index (Phi) is 26.9. The molecule has 22 heavy (non-hydrogen) atoms. The highest BCUT2D eigenvalue weighted by atomic mass is 13.9. The van der Waals surface area contributed by atoms with Crippen LogP contribution in [0.5, 0.6) is 0 Å². The molecular weight excluding hydrogens is 264 g/mol. The average Bonchev–Trinajstić information content (AvgIpc) is 2.54. The smallest absolute Gasteiger partial charge is 0.0353 e. The van der Waals surface area contributed by atoms with Crippen LogP contribution in [0.3, 0.4) is 0 Å². The Morgan fingerprint density at radius 3 is 1.00 bits per heavy atom. The Bertz CT molecular complexity index is 202. The molecule has 0 aliphatic carbocycles. The van der Waals surface area contributed by atoms with Crippen LogP contribution in [0.1, 0.15) is 103 Å². The van der Waals surface area contributed by atoms with Crippen molar-refractivity contribution < 1.29 is 0 Å². The predicted molar refractivity (Wildman–Crippen MR) is 106 cm³/mol. The molecule has 0 atom stereocenters. The van der Waals surface area contributed by atoms with Gasteiger partial charge in [-0.15, -0.1) is 19.7 Å². The molecule has 0 N–H and O–H groups in total. The first-order valence-electron chi connectivity index (χ1n) is 9.66. The van der Waals surface area contributed by atoms with Crippen molar-refractivity contribution in [3.8, 4) is 0 Å². The van der Waals surface area contributed by atoms with Crippen molar-refractivity contribution in [2.75, 3.05) is 0 Å². The van der Waals surface area contributed by atoms with E-state index in [2.05, 4.69) is 26.7 Å². The van der Waals surface area contributed by atoms with Crippen LogP contribution in [0.4, 0.5) is 0 Å². The third-order valence-electron chi connectivity index (χ3n) is 3.83. The van der Waals surface area contributed by atoms with E-state index in [4.69, 9.17) is 0 Å². The molecule has 0 unspecified atom stereocenters. The van der Waals surface area contributed by atoms with E-state index in [1.807, 2.05) is 18.2 Å². The number of rotatable bonds is 16. The Balaban J connectivity index is 0. The Hall–Kier alpha value is -0.780. The third-order valence-corrected chi connectivity index (χ3v) is 3.83. The molecule has 0 aromatic rings. The SMILES string of the molecule is C=CCCCCCCCC=C.C=CCCCCCCCCC. The first-order valence-corrected chi connectivity index (χ1v) is 9.66. The molecule has 0 aromatic heterocycles. The topological polar surface area (TPSA) is 0 Å². The van der Waals surface area contributed by atoms with Crippen molar-refractivity contribution >= 4 is 0 Å². The monoisotopic (exact) mass is 306 g/mol. The lowest BCUT2D eigenvalue weighted by atomic mass is 10.1. The molecule has 0 aliphatic heterocycles.